The van der Waals surface area contributed by atoms with E-state index >= 15 is 0 Å². The minimum Gasteiger partial charge on any atom is -0.476 e. The summed E-state index contributed by atoms with van der Waals surface area (Å²) in [6.45, 7) is 2.04. The SMILES string of the molecule is CCCc1cc(C(=O)O)nn1-c1ccc(Cl)cc1. The summed E-state index contributed by atoms with van der Waals surface area (Å²) in [5.41, 5.74) is 1.76. The van der Waals surface area contributed by atoms with Crippen LogP contribution in [0.25, 0.3) is 5.69 Å². The van der Waals surface area contributed by atoms with Gasteiger partial charge in [-0.1, -0.05) is 24.9 Å². The quantitative estimate of drug-likeness (QED) is 0.923. The van der Waals surface area contributed by atoms with Crippen molar-refractivity contribution in [2.75, 3.05) is 0 Å². The van der Waals surface area contributed by atoms with Crippen LogP contribution in [0.5, 0.6) is 0 Å². The molecular formula is C13H13ClN2O2. The van der Waals surface area contributed by atoms with E-state index in [1.165, 1.54) is 0 Å². The molecule has 1 N–H and O–H groups in total. The number of aromatic nitrogens is 2. The van der Waals surface area contributed by atoms with Gasteiger partial charge in [0.1, 0.15) is 0 Å². The first-order valence-electron chi connectivity index (χ1n) is 5.70. The Bertz CT molecular complexity index is 561. The number of hydrogen-bond acceptors (Lipinski definition) is 2. The van der Waals surface area contributed by atoms with Crippen LogP contribution in [-0.4, -0.2) is 20.9 Å². The van der Waals surface area contributed by atoms with Gasteiger partial charge in [0.2, 0.25) is 0 Å². The summed E-state index contributed by atoms with van der Waals surface area (Å²) in [7, 11) is 0. The summed E-state index contributed by atoms with van der Waals surface area (Å²) in [4.78, 5) is 11.0. The van der Waals surface area contributed by atoms with E-state index in [4.69, 9.17) is 16.7 Å². The Morgan fingerprint density at radius 3 is 2.61 bits per heavy atom. The van der Waals surface area contributed by atoms with Crippen LogP contribution in [0.1, 0.15) is 29.5 Å². The molecule has 4 nitrogen and oxygen atoms in total. The number of rotatable bonds is 4. The monoisotopic (exact) mass is 264 g/mol. The maximum atomic E-state index is 11.0. The van der Waals surface area contributed by atoms with Crippen LogP contribution >= 0.6 is 11.6 Å². The average molecular weight is 265 g/mol. The fourth-order valence-corrected chi connectivity index (χ4v) is 1.89. The third kappa shape index (κ3) is 2.54. The van der Waals surface area contributed by atoms with Crippen LogP contribution in [0.2, 0.25) is 5.02 Å². The van der Waals surface area contributed by atoms with E-state index in [0.717, 1.165) is 24.2 Å². The van der Waals surface area contributed by atoms with Gasteiger partial charge in [0.15, 0.2) is 5.69 Å². The van der Waals surface area contributed by atoms with Gasteiger partial charge in [0.25, 0.3) is 0 Å². The molecule has 18 heavy (non-hydrogen) atoms. The van der Waals surface area contributed by atoms with E-state index in [2.05, 4.69) is 5.10 Å². The van der Waals surface area contributed by atoms with Gasteiger partial charge in [0.05, 0.1) is 5.69 Å². The fraction of sp³-hybridized carbons (Fsp3) is 0.231. The van der Waals surface area contributed by atoms with E-state index in [0.29, 0.717) is 5.02 Å². The number of halogens is 1. The molecule has 0 amide bonds. The molecule has 94 valence electrons. The second kappa shape index (κ2) is 5.23. The molecule has 0 aliphatic rings. The Hall–Kier alpha value is -1.81. The maximum Gasteiger partial charge on any atom is 0.356 e. The molecule has 0 spiro atoms. The zero-order chi connectivity index (χ0) is 13.1. The lowest BCUT2D eigenvalue weighted by Gasteiger charge is -2.06. The molecule has 0 aliphatic carbocycles. The zero-order valence-corrected chi connectivity index (χ0v) is 10.7. The van der Waals surface area contributed by atoms with Gasteiger partial charge in [-0.15, -0.1) is 0 Å². The van der Waals surface area contributed by atoms with Crippen molar-refractivity contribution in [3.05, 3.63) is 46.7 Å². The number of hydrogen-bond donors (Lipinski definition) is 1. The number of aryl methyl sites for hydroxylation is 1. The zero-order valence-electron chi connectivity index (χ0n) is 9.93. The molecule has 1 aromatic carbocycles. The van der Waals surface area contributed by atoms with Crippen LogP contribution in [0.15, 0.2) is 30.3 Å². The number of aromatic carboxylic acids is 1. The molecular weight excluding hydrogens is 252 g/mol. The number of nitrogens with zero attached hydrogens (tertiary/aromatic N) is 2. The van der Waals surface area contributed by atoms with Gasteiger partial charge >= 0.3 is 5.97 Å². The highest BCUT2D eigenvalue weighted by atomic mass is 35.5. The summed E-state index contributed by atoms with van der Waals surface area (Å²) in [6.07, 6.45) is 1.71. The van der Waals surface area contributed by atoms with Crippen molar-refractivity contribution < 1.29 is 9.90 Å². The largest absolute Gasteiger partial charge is 0.476 e. The van der Waals surface area contributed by atoms with Crippen molar-refractivity contribution in [1.29, 1.82) is 0 Å². The van der Waals surface area contributed by atoms with E-state index in [9.17, 15) is 4.79 Å². The average Bonchev–Trinajstić information content (AvgIpc) is 2.75. The Morgan fingerprint density at radius 1 is 1.39 bits per heavy atom. The van der Waals surface area contributed by atoms with E-state index in [1.807, 2.05) is 19.1 Å². The Labute approximate surface area is 110 Å². The van der Waals surface area contributed by atoms with Crippen LogP contribution in [0.3, 0.4) is 0 Å². The summed E-state index contributed by atoms with van der Waals surface area (Å²) in [5.74, 6) is -1.01. The van der Waals surface area contributed by atoms with E-state index in [1.54, 1.807) is 22.9 Å². The van der Waals surface area contributed by atoms with Crippen molar-refractivity contribution in [3.63, 3.8) is 0 Å². The van der Waals surface area contributed by atoms with Gasteiger partial charge in [-0.2, -0.15) is 5.10 Å². The van der Waals surface area contributed by atoms with E-state index in [-0.39, 0.29) is 5.69 Å². The molecule has 0 saturated heterocycles. The van der Waals surface area contributed by atoms with E-state index < -0.39 is 5.97 Å². The highest BCUT2D eigenvalue weighted by Gasteiger charge is 2.13. The van der Waals surface area contributed by atoms with Crippen LogP contribution in [0.4, 0.5) is 0 Å². The molecule has 0 unspecified atom stereocenters. The third-order valence-electron chi connectivity index (χ3n) is 2.58. The molecule has 0 radical (unpaired) electrons. The first-order chi connectivity index (χ1) is 8.61. The molecule has 1 heterocycles. The lowest BCUT2D eigenvalue weighted by Crippen LogP contribution is -2.03. The second-order valence-corrected chi connectivity index (χ2v) is 4.40. The Morgan fingerprint density at radius 2 is 2.06 bits per heavy atom. The van der Waals surface area contributed by atoms with Crippen molar-refractivity contribution >= 4 is 17.6 Å². The highest BCUT2D eigenvalue weighted by molar-refractivity contribution is 6.30. The van der Waals surface area contributed by atoms with Gasteiger partial charge in [0, 0.05) is 10.7 Å². The van der Waals surface area contributed by atoms with Crippen molar-refractivity contribution in [2.24, 2.45) is 0 Å². The highest BCUT2D eigenvalue weighted by Crippen LogP contribution is 2.17. The van der Waals surface area contributed by atoms with Gasteiger partial charge in [-0.25, -0.2) is 9.48 Å². The van der Waals surface area contributed by atoms with Crippen LogP contribution in [0, 0.1) is 0 Å². The predicted octanol–water partition coefficient (Wildman–Crippen LogP) is 3.18. The standard InChI is InChI=1S/C13H13ClN2O2/c1-2-3-11-8-12(13(17)18)15-16(11)10-6-4-9(14)5-7-10/h4-8H,2-3H2,1H3,(H,17,18). The first-order valence-corrected chi connectivity index (χ1v) is 6.07. The summed E-state index contributed by atoms with van der Waals surface area (Å²) in [5, 5.41) is 13.7. The topological polar surface area (TPSA) is 55.1 Å². The van der Waals surface area contributed by atoms with Crippen LogP contribution < -0.4 is 0 Å². The lowest BCUT2D eigenvalue weighted by atomic mass is 10.2. The number of carboxylic acids is 1. The van der Waals surface area contributed by atoms with Crippen molar-refractivity contribution in [2.45, 2.75) is 19.8 Å². The molecule has 2 rings (SSSR count). The van der Waals surface area contributed by atoms with Crippen molar-refractivity contribution in [1.82, 2.24) is 9.78 Å². The maximum absolute atomic E-state index is 11.0. The first kappa shape index (κ1) is 12.6. The molecule has 0 atom stereocenters. The van der Waals surface area contributed by atoms with Gasteiger partial charge < -0.3 is 5.11 Å². The number of carbonyl (C=O) groups is 1. The summed E-state index contributed by atoms with van der Waals surface area (Å²) in [6, 6.07) is 8.77. The number of carboxylic acid groups (broad SMARTS) is 1. The molecule has 0 fully saturated rings. The second-order valence-electron chi connectivity index (χ2n) is 3.96. The Kier molecular flexibility index (Phi) is 3.67. The minimum absolute atomic E-state index is 0.0633. The number of benzene rings is 1. The fourth-order valence-electron chi connectivity index (χ4n) is 1.76. The summed E-state index contributed by atoms with van der Waals surface area (Å²) >= 11 is 5.83. The Balaban J connectivity index is 2.47. The molecule has 5 heteroatoms. The normalized spacial score (nSPS) is 10.6. The smallest absolute Gasteiger partial charge is 0.356 e. The minimum atomic E-state index is -1.01. The van der Waals surface area contributed by atoms with Crippen LogP contribution in [-0.2, 0) is 6.42 Å². The molecule has 0 saturated carbocycles. The molecule has 1 aromatic heterocycles. The molecule has 0 bridgehead atoms. The van der Waals surface area contributed by atoms with Gasteiger partial charge in [-0.3, -0.25) is 0 Å². The van der Waals surface area contributed by atoms with Crippen molar-refractivity contribution in [3.8, 4) is 5.69 Å². The van der Waals surface area contributed by atoms with Gasteiger partial charge in [-0.05, 0) is 36.8 Å². The third-order valence-corrected chi connectivity index (χ3v) is 2.83. The molecule has 2 aromatic rings. The summed E-state index contributed by atoms with van der Waals surface area (Å²) < 4.78 is 1.66. The predicted molar refractivity (Wildman–Crippen MR) is 69.5 cm³/mol. The lowest BCUT2D eigenvalue weighted by molar-refractivity contribution is 0.0690. The molecule has 0 aliphatic heterocycles.